The van der Waals surface area contributed by atoms with Crippen LogP contribution in [0.1, 0.15) is 235 Å². The molecule has 1 radical (unpaired) electrons. The van der Waals surface area contributed by atoms with Crippen LogP contribution < -0.4 is 123 Å². The molecule has 0 aromatic rings. The molecule has 4 fully saturated rings. The number of unbranched alkanes of at least 4 members (excludes halogenated alkanes) is 2. The molecule has 14 heteroatoms. The SMILES string of the molecule is CC(C)(C)[O-].CC(C)(C)[O-].CC1(C)CCCC(C)(C)N1.CC1(C)CCCC(C)(C)[N-]1.CC1(C)CCCC(C)(C)[N-]1.[CH-]1CCCO1.[CH2-]CCC.[CH2-]CCC.[Cl][Mn][Cl].[Li+].[Mn+2].[Na+].[Na+].[Na+]. The van der Waals surface area contributed by atoms with Gasteiger partial charge in [0.1, 0.15) is 0 Å². The fourth-order valence-electron chi connectivity index (χ4n) is 6.20. The van der Waals surface area contributed by atoms with Gasteiger partial charge >= 0.3 is 158 Å². The first-order valence-corrected chi connectivity index (χ1v) is 24.8. The number of nitrogens with zero attached hydrogens (tertiary/aromatic N) is 2. The zero-order chi connectivity index (χ0) is 45.6. The van der Waals surface area contributed by atoms with Gasteiger partial charge in [-0.05, 0) is 47.0 Å². The molecular weight excluding hydrogens is 911 g/mol. The molecule has 0 bridgehead atoms. The minimum atomic E-state index is -0.750. The maximum atomic E-state index is 10.1. The van der Waals surface area contributed by atoms with E-state index in [9.17, 15) is 10.2 Å². The number of rotatable bonds is 2. The smallest absolute Gasteiger partial charge is 1.00 e. The molecule has 0 amide bonds. The molecule has 0 spiro atoms. The van der Waals surface area contributed by atoms with E-state index in [4.69, 9.17) is 35.6 Å². The third-order valence-electron chi connectivity index (χ3n) is 8.05. The second kappa shape index (κ2) is 47.3. The normalized spacial score (nSPS) is 20.0. The van der Waals surface area contributed by atoms with Crippen LogP contribution in [0, 0.1) is 20.5 Å². The molecule has 4 saturated heterocycles. The fourth-order valence-corrected chi connectivity index (χ4v) is 6.20. The summed E-state index contributed by atoms with van der Waals surface area (Å²) in [6.07, 6.45) is 18.6. The zero-order valence-electron chi connectivity index (χ0n) is 45.4. The monoisotopic (exact) mass is 1010 g/mol. The first kappa shape index (κ1) is 88.9. The fraction of sp³-hybridized carbons (Fsp3) is 0.936. The Bertz CT molecular complexity index is 736. The summed E-state index contributed by atoms with van der Waals surface area (Å²) in [6, 6.07) is 0. The van der Waals surface area contributed by atoms with Crippen molar-refractivity contribution in [3.63, 3.8) is 0 Å². The molecule has 0 unspecified atom stereocenters. The Balaban J connectivity index is -0.0000000612. The maximum absolute atomic E-state index is 10.1. The van der Waals surface area contributed by atoms with Crippen molar-refractivity contribution in [1.29, 1.82) is 0 Å². The molecule has 4 aliphatic rings. The third kappa shape index (κ3) is 88.5. The van der Waals surface area contributed by atoms with E-state index in [1.807, 2.05) is 6.61 Å². The summed E-state index contributed by atoms with van der Waals surface area (Å²) in [7, 11) is 9.59. The first-order valence-electron chi connectivity index (χ1n) is 21.6. The van der Waals surface area contributed by atoms with Crippen molar-refractivity contribution in [3.05, 3.63) is 31.1 Å². The van der Waals surface area contributed by atoms with E-state index in [0.29, 0.717) is 11.1 Å². The van der Waals surface area contributed by atoms with Gasteiger partial charge in [0.05, 0.1) is 0 Å². The van der Waals surface area contributed by atoms with Crippen LogP contribution in [0.4, 0.5) is 0 Å². The van der Waals surface area contributed by atoms with Crippen LogP contribution in [0.15, 0.2) is 0 Å². The maximum Gasteiger partial charge on any atom is 2.00 e. The number of ether oxygens (including phenoxy) is 1. The van der Waals surface area contributed by atoms with Crippen LogP contribution in [0.5, 0.6) is 0 Å². The molecule has 4 rings (SSSR count). The van der Waals surface area contributed by atoms with E-state index in [1.54, 1.807) is 41.5 Å². The molecule has 0 aliphatic carbocycles. The average molecular weight is 1010 g/mol. The number of hydrogen-bond donors (Lipinski definition) is 1. The van der Waals surface area contributed by atoms with Crippen molar-refractivity contribution < 1.29 is 153 Å². The molecule has 6 nitrogen and oxygen atoms in total. The van der Waals surface area contributed by atoms with Crippen molar-refractivity contribution in [2.45, 2.75) is 279 Å². The average Bonchev–Trinajstić information content (AvgIpc) is 3.54. The van der Waals surface area contributed by atoms with E-state index in [1.165, 1.54) is 77.0 Å². The van der Waals surface area contributed by atoms with Crippen LogP contribution in [-0.2, 0) is 34.9 Å². The Morgan fingerprint density at radius 1 is 0.590 bits per heavy atom. The predicted octanol–water partition coefficient (Wildman–Crippen LogP) is 2.40. The van der Waals surface area contributed by atoms with Gasteiger partial charge in [-0.1, -0.05) is 169 Å². The third-order valence-corrected chi connectivity index (χ3v) is 8.05. The summed E-state index contributed by atoms with van der Waals surface area (Å²) >= 11 is 0.00694. The summed E-state index contributed by atoms with van der Waals surface area (Å²) in [5.41, 5.74) is 0.177. The first-order chi connectivity index (χ1) is 25.0. The van der Waals surface area contributed by atoms with Gasteiger partial charge in [-0.25, -0.2) is 6.61 Å². The molecule has 61 heavy (non-hydrogen) atoms. The van der Waals surface area contributed by atoms with Crippen molar-refractivity contribution in [3.8, 4) is 0 Å². The van der Waals surface area contributed by atoms with Gasteiger partial charge in [0, 0.05) is 17.7 Å². The topological polar surface area (TPSA) is 95.6 Å². The molecule has 1 N–H and O–H groups in total. The molecule has 352 valence electrons. The summed E-state index contributed by atoms with van der Waals surface area (Å²) in [6.45, 7) is 51.0. The summed E-state index contributed by atoms with van der Waals surface area (Å²) in [5, 5.41) is 33.3. The molecule has 4 aliphatic heterocycles. The molecule has 0 atom stereocenters. The Kier molecular flexibility index (Phi) is 68.9. The van der Waals surface area contributed by atoms with Crippen molar-refractivity contribution in [2.24, 2.45) is 0 Å². The van der Waals surface area contributed by atoms with Gasteiger partial charge in [0.25, 0.3) is 0 Å². The molecule has 0 saturated carbocycles. The van der Waals surface area contributed by atoms with Gasteiger partial charge in [0.2, 0.25) is 0 Å². The molecule has 0 aromatic heterocycles. The Morgan fingerprint density at radius 2 is 0.803 bits per heavy atom. The van der Waals surface area contributed by atoms with E-state index in [2.05, 4.69) is 116 Å². The van der Waals surface area contributed by atoms with Crippen LogP contribution in [0.25, 0.3) is 10.6 Å². The van der Waals surface area contributed by atoms with Gasteiger partial charge in [0.15, 0.2) is 0 Å². The van der Waals surface area contributed by atoms with Crippen LogP contribution in [-0.4, -0.2) is 51.0 Å². The van der Waals surface area contributed by atoms with Gasteiger partial charge in [-0.2, -0.15) is 19.3 Å². The van der Waals surface area contributed by atoms with Gasteiger partial charge in [-0.3, -0.25) is 0 Å². The van der Waals surface area contributed by atoms with E-state index < -0.39 is 11.2 Å². The van der Waals surface area contributed by atoms with Crippen LogP contribution in [0.2, 0.25) is 0 Å². The summed E-state index contributed by atoms with van der Waals surface area (Å²) < 4.78 is 4.82. The largest absolute Gasteiger partial charge is 2.00 e. The van der Waals surface area contributed by atoms with Crippen molar-refractivity contribution in [2.75, 3.05) is 6.61 Å². The number of piperidine rings is 3. The Labute approximate surface area is 488 Å². The van der Waals surface area contributed by atoms with Crippen molar-refractivity contribution in [1.82, 2.24) is 5.32 Å². The minimum absolute atomic E-state index is 0. The van der Waals surface area contributed by atoms with Crippen LogP contribution in [0.3, 0.4) is 0 Å². The molecule has 4 heterocycles. The second-order valence-electron chi connectivity index (χ2n) is 21.1. The summed E-state index contributed by atoms with van der Waals surface area (Å²) in [4.78, 5) is 0. The number of hydrogen-bond acceptors (Lipinski definition) is 4. The second-order valence-corrected chi connectivity index (χ2v) is 23.0. The van der Waals surface area contributed by atoms with Crippen molar-refractivity contribution >= 4 is 20.2 Å². The Morgan fingerprint density at radius 3 is 0.885 bits per heavy atom. The predicted molar refractivity (Wildman–Crippen MR) is 247 cm³/mol. The van der Waals surface area contributed by atoms with E-state index >= 15 is 0 Å². The van der Waals surface area contributed by atoms with E-state index in [-0.39, 0.29) is 160 Å². The van der Waals surface area contributed by atoms with Gasteiger partial charge in [-0.15, -0.1) is 33.4 Å². The quantitative estimate of drug-likeness (QED) is 0.340. The molecule has 0 aromatic carbocycles. The molecular formula is C47H98Cl2LiMn2N3Na3O3-. The zero-order valence-corrected chi connectivity index (χ0v) is 55.3. The number of halogens is 2. The summed E-state index contributed by atoms with van der Waals surface area (Å²) in [5.74, 6) is 0. The Hall–Kier alpha value is 4.98. The van der Waals surface area contributed by atoms with Crippen LogP contribution >= 0.6 is 20.2 Å². The number of nitrogens with one attached hydrogen (secondary N) is 1. The standard InChI is InChI=1S/C9H19N.2C9H18N.C4H7O.2C4H9O.2C4H9.2ClH.Li.2Mn.3Na/c3*1-8(2)6-5-7-9(3,4)10-8;1-2-4-5-3-1;2*1-4(2,3)5;2*1-3-4-2;;;;;;;;/h10H,5-7H2,1-4H3;2*5-7H2,1-4H3;3H,1-2,4H2;2*1-3H3;2*1,3-4H2,2H3;2*1H;;;;;;/q;7*-1;;;+1;2*+2;3*+1/p-2. The minimum Gasteiger partial charge on any atom is 1.00 e. The van der Waals surface area contributed by atoms with Gasteiger partial charge < -0.3 is 44.7 Å². The van der Waals surface area contributed by atoms with E-state index in [0.717, 1.165) is 25.9 Å².